The molecule has 0 aliphatic heterocycles. The SMILES string of the molecule is CNCCCS(=O)(=O)c1ccc2nc[nH]c2c1. The van der Waals surface area contributed by atoms with Crippen LogP contribution < -0.4 is 5.32 Å². The number of nitrogens with one attached hydrogen (secondary N) is 2. The summed E-state index contributed by atoms with van der Waals surface area (Å²) in [6, 6.07) is 4.96. The fourth-order valence-corrected chi connectivity index (χ4v) is 3.00. The van der Waals surface area contributed by atoms with Crippen LogP contribution in [0.4, 0.5) is 0 Å². The molecule has 0 amide bonds. The van der Waals surface area contributed by atoms with Gasteiger partial charge < -0.3 is 10.3 Å². The van der Waals surface area contributed by atoms with Crippen LogP contribution in [0, 0.1) is 0 Å². The van der Waals surface area contributed by atoms with Crippen LogP contribution in [0.1, 0.15) is 6.42 Å². The van der Waals surface area contributed by atoms with Gasteiger partial charge in [-0.2, -0.15) is 0 Å². The molecule has 2 aromatic rings. The van der Waals surface area contributed by atoms with Crippen LogP contribution in [0.5, 0.6) is 0 Å². The highest BCUT2D eigenvalue weighted by Crippen LogP contribution is 2.17. The third-order valence-electron chi connectivity index (χ3n) is 2.59. The lowest BCUT2D eigenvalue weighted by atomic mass is 10.3. The minimum Gasteiger partial charge on any atom is -0.345 e. The number of hydrogen-bond acceptors (Lipinski definition) is 4. The largest absolute Gasteiger partial charge is 0.345 e. The molecule has 5 nitrogen and oxygen atoms in total. The molecule has 0 atom stereocenters. The molecule has 0 saturated heterocycles. The maximum Gasteiger partial charge on any atom is 0.178 e. The Balaban J connectivity index is 2.25. The number of nitrogens with zero attached hydrogens (tertiary/aromatic N) is 1. The van der Waals surface area contributed by atoms with Gasteiger partial charge in [0.05, 0.1) is 28.0 Å². The van der Waals surface area contributed by atoms with Gasteiger partial charge in [-0.25, -0.2) is 13.4 Å². The van der Waals surface area contributed by atoms with E-state index < -0.39 is 9.84 Å². The minimum atomic E-state index is -3.19. The van der Waals surface area contributed by atoms with Gasteiger partial charge >= 0.3 is 0 Å². The summed E-state index contributed by atoms with van der Waals surface area (Å²) in [6.45, 7) is 0.700. The Morgan fingerprint density at radius 3 is 3.00 bits per heavy atom. The predicted molar refractivity (Wildman–Crippen MR) is 66.7 cm³/mol. The second-order valence-electron chi connectivity index (χ2n) is 3.86. The molecule has 0 aliphatic carbocycles. The molecule has 92 valence electrons. The lowest BCUT2D eigenvalue weighted by molar-refractivity contribution is 0.592. The van der Waals surface area contributed by atoms with Crippen LogP contribution in [0.3, 0.4) is 0 Å². The van der Waals surface area contributed by atoms with Crippen molar-refractivity contribution in [2.24, 2.45) is 0 Å². The highest BCUT2D eigenvalue weighted by Gasteiger charge is 2.14. The summed E-state index contributed by atoms with van der Waals surface area (Å²) in [5, 5.41) is 2.94. The van der Waals surface area contributed by atoms with Crippen LogP contribution in [0.15, 0.2) is 29.4 Å². The molecule has 0 radical (unpaired) electrons. The van der Waals surface area contributed by atoms with Crippen molar-refractivity contribution >= 4 is 20.9 Å². The van der Waals surface area contributed by atoms with E-state index >= 15 is 0 Å². The summed E-state index contributed by atoms with van der Waals surface area (Å²) < 4.78 is 24.0. The third kappa shape index (κ3) is 2.65. The fraction of sp³-hybridized carbons (Fsp3) is 0.364. The highest BCUT2D eigenvalue weighted by molar-refractivity contribution is 7.91. The Bertz CT molecular complexity index is 604. The Hall–Kier alpha value is -1.40. The van der Waals surface area contributed by atoms with Crippen LogP contribution in [-0.4, -0.2) is 37.7 Å². The number of aromatic amines is 1. The van der Waals surface area contributed by atoms with Crippen molar-refractivity contribution in [3.8, 4) is 0 Å². The number of rotatable bonds is 5. The van der Waals surface area contributed by atoms with Crippen molar-refractivity contribution in [1.82, 2.24) is 15.3 Å². The van der Waals surface area contributed by atoms with Gasteiger partial charge in [0, 0.05) is 0 Å². The van der Waals surface area contributed by atoms with Gasteiger partial charge in [-0.05, 0) is 38.2 Å². The standard InChI is InChI=1S/C11H15N3O2S/c1-12-5-2-6-17(15,16)9-3-4-10-11(7-9)14-8-13-10/h3-4,7-8,12H,2,5-6H2,1H3,(H,13,14). The molecule has 1 aromatic heterocycles. The van der Waals surface area contributed by atoms with Crippen molar-refractivity contribution < 1.29 is 8.42 Å². The topological polar surface area (TPSA) is 74.8 Å². The third-order valence-corrected chi connectivity index (χ3v) is 4.39. The van der Waals surface area contributed by atoms with E-state index in [0.29, 0.717) is 17.9 Å². The second kappa shape index (κ2) is 4.85. The quantitative estimate of drug-likeness (QED) is 0.778. The molecule has 0 fully saturated rings. The molecular weight excluding hydrogens is 238 g/mol. The molecule has 0 aliphatic rings. The number of fused-ring (bicyclic) bond motifs is 1. The summed E-state index contributed by atoms with van der Waals surface area (Å²) in [4.78, 5) is 7.32. The Labute approximate surface area is 100 Å². The normalized spacial score (nSPS) is 12.1. The van der Waals surface area contributed by atoms with E-state index in [0.717, 1.165) is 11.0 Å². The zero-order chi connectivity index (χ0) is 12.3. The minimum absolute atomic E-state index is 0.160. The van der Waals surface area contributed by atoms with Gasteiger partial charge in [-0.3, -0.25) is 0 Å². The van der Waals surface area contributed by atoms with Crippen molar-refractivity contribution in [2.45, 2.75) is 11.3 Å². The molecule has 2 rings (SSSR count). The zero-order valence-electron chi connectivity index (χ0n) is 9.60. The number of benzene rings is 1. The average Bonchev–Trinajstić information content (AvgIpc) is 2.76. The molecule has 0 spiro atoms. The first-order chi connectivity index (χ1) is 8.13. The number of aromatic nitrogens is 2. The van der Waals surface area contributed by atoms with Crippen molar-refractivity contribution in [3.63, 3.8) is 0 Å². The number of H-pyrrole nitrogens is 1. The molecule has 1 aromatic carbocycles. The Morgan fingerprint density at radius 2 is 2.24 bits per heavy atom. The van der Waals surface area contributed by atoms with Gasteiger partial charge in [-0.1, -0.05) is 0 Å². The first-order valence-corrected chi connectivity index (χ1v) is 7.09. The molecule has 1 heterocycles. The first kappa shape index (κ1) is 12.1. The predicted octanol–water partition coefficient (Wildman–Crippen LogP) is 0.946. The average molecular weight is 253 g/mol. The fourth-order valence-electron chi connectivity index (χ4n) is 1.66. The van der Waals surface area contributed by atoms with Gasteiger partial charge in [0.25, 0.3) is 0 Å². The second-order valence-corrected chi connectivity index (χ2v) is 5.97. The van der Waals surface area contributed by atoms with Gasteiger partial charge in [0.15, 0.2) is 9.84 Å². The summed E-state index contributed by atoms with van der Waals surface area (Å²) >= 11 is 0. The summed E-state index contributed by atoms with van der Waals surface area (Å²) in [7, 11) is -1.38. The smallest absolute Gasteiger partial charge is 0.178 e. The van der Waals surface area contributed by atoms with E-state index in [-0.39, 0.29) is 5.75 Å². The van der Waals surface area contributed by atoms with Gasteiger partial charge in [0.2, 0.25) is 0 Å². The monoisotopic (exact) mass is 253 g/mol. The highest BCUT2D eigenvalue weighted by atomic mass is 32.2. The van der Waals surface area contributed by atoms with Crippen LogP contribution in [0.25, 0.3) is 11.0 Å². The van der Waals surface area contributed by atoms with E-state index in [1.54, 1.807) is 24.5 Å². The van der Waals surface area contributed by atoms with Crippen molar-refractivity contribution in [2.75, 3.05) is 19.3 Å². The Morgan fingerprint density at radius 1 is 1.41 bits per heavy atom. The molecule has 6 heteroatoms. The van der Waals surface area contributed by atoms with Crippen LogP contribution in [-0.2, 0) is 9.84 Å². The molecule has 0 unspecified atom stereocenters. The first-order valence-electron chi connectivity index (χ1n) is 5.44. The summed E-state index contributed by atoms with van der Waals surface area (Å²) in [5.41, 5.74) is 1.53. The van der Waals surface area contributed by atoms with E-state index in [1.807, 2.05) is 7.05 Å². The number of sulfone groups is 1. The van der Waals surface area contributed by atoms with Crippen molar-refractivity contribution in [1.29, 1.82) is 0 Å². The molecule has 0 bridgehead atoms. The summed E-state index contributed by atoms with van der Waals surface area (Å²) in [6.07, 6.45) is 2.17. The van der Waals surface area contributed by atoms with E-state index in [9.17, 15) is 8.42 Å². The molecule has 0 saturated carbocycles. The van der Waals surface area contributed by atoms with E-state index in [1.165, 1.54) is 0 Å². The maximum absolute atomic E-state index is 12.0. The Kier molecular flexibility index (Phi) is 3.44. The van der Waals surface area contributed by atoms with Crippen LogP contribution >= 0.6 is 0 Å². The van der Waals surface area contributed by atoms with E-state index in [4.69, 9.17) is 0 Å². The number of imidazole rings is 1. The van der Waals surface area contributed by atoms with E-state index in [2.05, 4.69) is 15.3 Å². The van der Waals surface area contributed by atoms with Gasteiger partial charge in [-0.15, -0.1) is 0 Å². The lowest BCUT2D eigenvalue weighted by Crippen LogP contribution is -2.14. The van der Waals surface area contributed by atoms with Crippen molar-refractivity contribution in [3.05, 3.63) is 24.5 Å². The molecule has 17 heavy (non-hydrogen) atoms. The maximum atomic E-state index is 12.0. The lowest BCUT2D eigenvalue weighted by Gasteiger charge is -2.04. The molecular formula is C11H15N3O2S. The number of hydrogen-bond donors (Lipinski definition) is 2. The zero-order valence-corrected chi connectivity index (χ0v) is 10.4. The van der Waals surface area contributed by atoms with Gasteiger partial charge in [0.1, 0.15) is 0 Å². The molecule has 2 N–H and O–H groups in total. The summed E-state index contributed by atoms with van der Waals surface area (Å²) in [5.74, 6) is 0.160. The van der Waals surface area contributed by atoms with Crippen LogP contribution in [0.2, 0.25) is 0 Å².